The molecule has 0 radical (unpaired) electrons. The van der Waals surface area contributed by atoms with Crippen LogP contribution in [0.15, 0.2) is 54.9 Å². The van der Waals surface area contributed by atoms with Gasteiger partial charge in [-0.2, -0.15) is 0 Å². The lowest BCUT2D eigenvalue weighted by Crippen LogP contribution is -2.43. The zero-order valence-corrected chi connectivity index (χ0v) is 17.3. The number of nitrogens with one attached hydrogen (secondary N) is 1. The second-order valence-electron chi connectivity index (χ2n) is 7.46. The van der Waals surface area contributed by atoms with Crippen LogP contribution in [0.1, 0.15) is 15.9 Å². The van der Waals surface area contributed by atoms with Crippen LogP contribution in [0.25, 0.3) is 22.3 Å². The molecule has 30 heavy (non-hydrogen) atoms. The first-order valence-corrected chi connectivity index (χ1v) is 10.1. The maximum Gasteiger partial charge on any atom is 0.248 e. The number of carbonyl (C=O) groups excluding carboxylic acids is 1. The van der Waals surface area contributed by atoms with E-state index in [4.69, 9.17) is 10.5 Å². The Bertz CT molecular complexity index is 1060. The van der Waals surface area contributed by atoms with Crippen LogP contribution < -0.4 is 20.7 Å². The van der Waals surface area contributed by atoms with E-state index in [0.29, 0.717) is 11.3 Å². The van der Waals surface area contributed by atoms with E-state index in [9.17, 15) is 4.79 Å². The fourth-order valence-electron chi connectivity index (χ4n) is 3.90. The van der Waals surface area contributed by atoms with Crippen molar-refractivity contribution in [3.8, 4) is 28.0 Å². The van der Waals surface area contributed by atoms with Crippen molar-refractivity contribution < 1.29 is 9.53 Å². The Morgan fingerprint density at radius 3 is 2.33 bits per heavy atom. The van der Waals surface area contributed by atoms with Gasteiger partial charge in [-0.15, -0.1) is 0 Å². The molecule has 0 bridgehead atoms. The largest absolute Gasteiger partial charge is 0.497 e. The van der Waals surface area contributed by atoms with E-state index in [1.54, 1.807) is 19.2 Å². The molecule has 1 aliphatic heterocycles. The van der Waals surface area contributed by atoms with Crippen molar-refractivity contribution >= 4 is 11.6 Å². The first-order chi connectivity index (χ1) is 14.6. The number of amides is 1. The number of anilines is 1. The van der Waals surface area contributed by atoms with Crippen molar-refractivity contribution in [2.24, 2.45) is 5.73 Å². The first kappa shape index (κ1) is 19.9. The third-order valence-corrected chi connectivity index (χ3v) is 5.61. The lowest BCUT2D eigenvalue weighted by Gasteiger charge is -2.29. The average molecular weight is 402 g/mol. The fraction of sp³-hybridized carbons (Fsp3) is 0.250. The third-order valence-electron chi connectivity index (χ3n) is 5.61. The monoisotopic (exact) mass is 402 g/mol. The molecule has 6 nitrogen and oxygen atoms in total. The Balaban J connectivity index is 1.70. The molecule has 0 spiro atoms. The first-order valence-electron chi connectivity index (χ1n) is 10.1. The van der Waals surface area contributed by atoms with Gasteiger partial charge in [-0.3, -0.25) is 9.78 Å². The standard InChI is InChI=1S/C24H26N4O2/c1-16-22(17-3-5-20(6-4-17)28-9-7-26-8-10-28)14-27-15-23(16)18-11-19(24(25)29)13-21(12-18)30-2/h3-6,11-15,26H,7-10H2,1-2H3,(H2,25,29). The van der Waals surface area contributed by atoms with Crippen molar-refractivity contribution in [1.29, 1.82) is 0 Å². The predicted molar refractivity (Wildman–Crippen MR) is 120 cm³/mol. The summed E-state index contributed by atoms with van der Waals surface area (Å²) in [6, 6.07) is 14.0. The van der Waals surface area contributed by atoms with Gasteiger partial charge in [0.1, 0.15) is 5.75 Å². The lowest BCUT2D eigenvalue weighted by molar-refractivity contribution is 0.1000. The van der Waals surface area contributed by atoms with E-state index >= 15 is 0 Å². The van der Waals surface area contributed by atoms with Crippen LogP contribution in [0.5, 0.6) is 5.75 Å². The summed E-state index contributed by atoms with van der Waals surface area (Å²) in [5.74, 6) is 0.104. The molecule has 0 unspecified atom stereocenters. The molecule has 4 rings (SSSR count). The molecule has 1 fully saturated rings. The van der Waals surface area contributed by atoms with Crippen molar-refractivity contribution in [1.82, 2.24) is 10.3 Å². The minimum absolute atomic E-state index is 0.412. The number of aromatic nitrogens is 1. The number of hydrogen-bond donors (Lipinski definition) is 2. The van der Waals surface area contributed by atoms with E-state index in [-0.39, 0.29) is 0 Å². The molecule has 1 amide bonds. The van der Waals surface area contributed by atoms with Crippen molar-refractivity contribution in [2.75, 3.05) is 38.2 Å². The van der Waals surface area contributed by atoms with E-state index in [2.05, 4.69) is 46.4 Å². The number of rotatable bonds is 5. The van der Waals surface area contributed by atoms with Gasteiger partial charge in [0.15, 0.2) is 0 Å². The van der Waals surface area contributed by atoms with E-state index in [1.807, 2.05) is 18.5 Å². The number of hydrogen-bond acceptors (Lipinski definition) is 5. The summed E-state index contributed by atoms with van der Waals surface area (Å²) in [4.78, 5) is 18.6. The average Bonchev–Trinajstić information content (AvgIpc) is 2.79. The summed E-state index contributed by atoms with van der Waals surface area (Å²) in [5.41, 5.74) is 12.2. The maximum atomic E-state index is 11.7. The van der Waals surface area contributed by atoms with Gasteiger partial charge >= 0.3 is 0 Å². The topological polar surface area (TPSA) is 80.5 Å². The number of methoxy groups -OCH3 is 1. The summed E-state index contributed by atoms with van der Waals surface area (Å²) in [7, 11) is 1.57. The Morgan fingerprint density at radius 1 is 1.03 bits per heavy atom. The number of nitrogens with zero attached hydrogens (tertiary/aromatic N) is 2. The van der Waals surface area contributed by atoms with Crippen molar-refractivity contribution in [3.63, 3.8) is 0 Å². The van der Waals surface area contributed by atoms with Crippen LogP contribution in [0.3, 0.4) is 0 Å². The van der Waals surface area contributed by atoms with E-state index in [0.717, 1.165) is 54.0 Å². The van der Waals surface area contributed by atoms with Gasteiger partial charge in [0.2, 0.25) is 5.91 Å². The smallest absolute Gasteiger partial charge is 0.248 e. The molecule has 0 saturated carbocycles. The molecule has 1 aromatic heterocycles. The Morgan fingerprint density at radius 2 is 1.70 bits per heavy atom. The van der Waals surface area contributed by atoms with Crippen molar-refractivity contribution in [2.45, 2.75) is 6.92 Å². The van der Waals surface area contributed by atoms with Crippen LogP contribution in [-0.4, -0.2) is 44.2 Å². The number of benzene rings is 2. The highest BCUT2D eigenvalue weighted by molar-refractivity contribution is 5.95. The molecule has 0 atom stereocenters. The SMILES string of the molecule is COc1cc(C(N)=O)cc(-c2cncc(-c3ccc(N4CCNCC4)cc3)c2C)c1. The van der Waals surface area contributed by atoms with E-state index < -0.39 is 5.91 Å². The van der Waals surface area contributed by atoms with Gasteiger partial charge < -0.3 is 20.7 Å². The van der Waals surface area contributed by atoms with Gasteiger partial charge in [-0.25, -0.2) is 0 Å². The summed E-state index contributed by atoms with van der Waals surface area (Å²) in [6.45, 7) is 6.14. The molecule has 6 heteroatoms. The van der Waals surface area contributed by atoms with Crippen LogP contribution in [0.4, 0.5) is 5.69 Å². The zero-order valence-electron chi connectivity index (χ0n) is 17.3. The van der Waals surface area contributed by atoms with Gasteiger partial charge in [0.25, 0.3) is 0 Å². The summed E-state index contributed by atoms with van der Waals surface area (Å²) in [5, 5.41) is 3.38. The molecule has 3 N–H and O–H groups in total. The van der Waals surface area contributed by atoms with Crippen LogP contribution in [0, 0.1) is 6.92 Å². The molecule has 0 aliphatic carbocycles. The Hall–Kier alpha value is -3.38. The Labute approximate surface area is 176 Å². The quantitative estimate of drug-likeness (QED) is 0.685. The number of pyridine rings is 1. The minimum Gasteiger partial charge on any atom is -0.497 e. The van der Waals surface area contributed by atoms with Crippen LogP contribution in [-0.2, 0) is 0 Å². The molecular weight excluding hydrogens is 376 g/mol. The number of nitrogens with two attached hydrogens (primary N) is 1. The normalized spacial score (nSPS) is 13.9. The number of ether oxygens (including phenoxy) is 1. The summed E-state index contributed by atoms with van der Waals surface area (Å²) in [6.07, 6.45) is 3.70. The molecule has 2 heterocycles. The van der Waals surface area contributed by atoms with Gasteiger partial charge in [0, 0.05) is 61.0 Å². The second-order valence-corrected chi connectivity index (χ2v) is 7.46. The number of primary amides is 1. The second kappa shape index (κ2) is 8.55. The van der Waals surface area contributed by atoms with Gasteiger partial charge in [0.05, 0.1) is 7.11 Å². The number of carbonyl (C=O) groups is 1. The van der Waals surface area contributed by atoms with Gasteiger partial charge in [-0.1, -0.05) is 12.1 Å². The molecule has 1 saturated heterocycles. The van der Waals surface area contributed by atoms with Crippen molar-refractivity contribution in [3.05, 3.63) is 66.0 Å². The van der Waals surface area contributed by atoms with Crippen LogP contribution >= 0.6 is 0 Å². The van der Waals surface area contributed by atoms with Crippen LogP contribution in [0.2, 0.25) is 0 Å². The maximum absolute atomic E-state index is 11.7. The highest BCUT2D eigenvalue weighted by atomic mass is 16.5. The fourth-order valence-corrected chi connectivity index (χ4v) is 3.90. The molecule has 3 aromatic rings. The Kier molecular flexibility index (Phi) is 5.68. The highest BCUT2D eigenvalue weighted by Gasteiger charge is 2.14. The molecule has 1 aliphatic rings. The molecule has 154 valence electrons. The van der Waals surface area contributed by atoms with Gasteiger partial charge in [-0.05, 0) is 53.9 Å². The molecular formula is C24H26N4O2. The predicted octanol–water partition coefficient (Wildman–Crippen LogP) is 3.24. The molecule has 2 aromatic carbocycles. The third kappa shape index (κ3) is 4.00. The minimum atomic E-state index is -0.486. The van der Waals surface area contributed by atoms with E-state index in [1.165, 1.54) is 5.69 Å². The zero-order chi connectivity index (χ0) is 21.1. The number of piperazine rings is 1. The lowest BCUT2D eigenvalue weighted by atomic mass is 9.94. The summed E-state index contributed by atoms with van der Waals surface area (Å²) < 4.78 is 5.36. The summed E-state index contributed by atoms with van der Waals surface area (Å²) >= 11 is 0. The highest BCUT2D eigenvalue weighted by Crippen LogP contribution is 2.33.